The molecule has 0 saturated carbocycles. The van der Waals surface area contributed by atoms with Crippen LogP contribution >= 0.6 is 0 Å². The van der Waals surface area contributed by atoms with Crippen LogP contribution in [0, 0.1) is 11.8 Å². The third kappa shape index (κ3) is 5.02. The van der Waals surface area contributed by atoms with Gasteiger partial charge < -0.3 is 21.2 Å². The van der Waals surface area contributed by atoms with Gasteiger partial charge in [0, 0.05) is 18.0 Å². The van der Waals surface area contributed by atoms with Crippen molar-refractivity contribution in [3.05, 3.63) is 48.0 Å². The standard InChI is InChI=1S/C19H23N3O4/c1-12(17(20)24)16(9-13-5-3-2-4-6-13)19(26)22-15(11-23)10-14-7-8-21-18(14)25/h2-6,11,14-16H,1,7-10H2,(H2,20,24)(H,21,25)(H,22,26)/t14-,15-,16-/m0/s1. The van der Waals surface area contributed by atoms with Crippen LogP contribution in [0.3, 0.4) is 0 Å². The van der Waals surface area contributed by atoms with Crippen molar-refractivity contribution in [2.24, 2.45) is 17.6 Å². The fraction of sp³-hybridized carbons (Fsp3) is 0.368. The smallest absolute Gasteiger partial charge is 0.244 e. The SMILES string of the molecule is C=C(C(N)=O)[C@H](Cc1ccccc1)C(=O)N[C@H](C=O)C[C@@H]1CCNC1=O. The highest BCUT2D eigenvalue weighted by Crippen LogP contribution is 2.19. The largest absolute Gasteiger partial charge is 0.366 e. The molecule has 1 aliphatic rings. The first-order valence-corrected chi connectivity index (χ1v) is 8.48. The molecule has 0 bridgehead atoms. The summed E-state index contributed by atoms with van der Waals surface area (Å²) >= 11 is 0. The average molecular weight is 357 g/mol. The fourth-order valence-corrected chi connectivity index (χ4v) is 3.00. The van der Waals surface area contributed by atoms with Crippen molar-refractivity contribution < 1.29 is 19.2 Å². The summed E-state index contributed by atoms with van der Waals surface area (Å²) < 4.78 is 0. The lowest BCUT2D eigenvalue weighted by molar-refractivity contribution is -0.128. The maximum absolute atomic E-state index is 12.7. The Morgan fingerprint density at radius 1 is 1.35 bits per heavy atom. The quantitative estimate of drug-likeness (QED) is 0.429. The van der Waals surface area contributed by atoms with E-state index in [1.807, 2.05) is 30.3 Å². The maximum Gasteiger partial charge on any atom is 0.244 e. The van der Waals surface area contributed by atoms with Gasteiger partial charge in [0.15, 0.2) is 0 Å². The molecular weight excluding hydrogens is 334 g/mol. The second-order valence-electron chi connectivity index (χ2n) is 6.40. The molecule has 1 aliphatic heterocycles. The van der Waals surface area contributed by atoms with Crippen LogP contribution in [0.1, 0.15) is 18.4 Å². The molecule has 2 rings (SSSR count). The van der Waals surface area contributed by atoms with Gasteiger partial charge in [-0.15, -0.1) is 0 Å². The van der Waals surface area contributed by atoms with E-state index in [0.717, 1.165) is 5.56 Å². The van der Waals surface area contributed by atoms with Gasteiger partial charge in [-0.2, -0.15) is 0 Å². The van der Waals surface area contributed by atoms with Crippen LogP contribution in [-0.4, -0.2) is 36.6 Å². The number of amides is 3. The number of nitrogens with one attached hydrogen (secondary N) is 2. The lowest BCUT2D eigenvalue weighted by Crippen LogP contribution is -2.43. The number of benzene rings is 1. The van der Waals surface area contributed by atoms with Gasteiger partial charge in [-0.05, 0) is 24.8 Å². The van der Waals surface area contributed by atoms with Crippen LogP contribution in [0.25, 0.3) is 0 Å². The Kier molecular flexibility index (Phi) is 6.66. The van der Waals surface area contributed by atoms with Gasteiger partial charge in [-0.1, -0.05) is 36.9 Å². The van der Waals surface area contributed by atoms with E-state index in [1.54, 1.807) is 0 Å². The molecule has 26 heavy (non-hydrogen) atoms. The zero-order valence-corrected chi connectivity index (χ0v) is 14.4. The molecule has 0 radical (unpaired) electrons. The molecule has 1 saturated heterocycles. The molecule has 0 aliphatic carbocycles. The lowest BCUT2D eigenvalue weighted by atomic mass is 9.90. The number of nitrogens with two attached hydrogens (primary N) is 1. The summed E-state index contributed by atoms with van der Waals surface area (Å²) in [5.41, 5.74) is 6.12. The van der Waals surface area contributed by atoms with E-state index >= 15 is 0 Å². The molecule has 3 amide bonds. The minimum Gasteiger partial charge on any atom is -0.366 e. The van der Waals surface area contributed by atoms with Gasteiger partial charge >= 0.3 is 0 Å². The van der Waals surface area contributed by atoms with Crippen molar-refractivity contribution in [1.82, 2.24) is 10.6 Å². The van der Waals surface area contributed by atoms with Crippen LogP contribution in [0.5, 0.6) is 0 Å². The Balaban J connectivity index is 2.08. The third-order valence-electron chi connectivity index (χ3n) is 4.53. The van der Waals surface area contributed by atoms with Crippen molar-refractivity contribution in [1.29, 1.82) is 0 Å². The second kappa shape index (κ2) is 8.94. The van der Waals surface area contributed by atoms with Crippen LogP contribution in [0.2, 0.25) is 0 Å². The highest BCUT2D eigenvalue weighted by Gasteiger charge is 2.31. The lowest BCUT2D eigenvalue weighted by Gasteiger charge is -2.21. The van der Waals surface area contributed by atoms with Crippen molar-refractivity contribution in [2.75, 3.05) is 6.54 Å². The summed E-state index contributed by atoms with van der Waals surface area (Å²) in [7, 11) is 0. The molecule has 138 valence electrons. The summed E-state index contributed by atoms with van der Waals surface area (Å²) in [5, 5.41) is 5.31. The minimum absolute atomic E-state index is 0.0189. The number of rotatable bonds is 9. The third-order valence-corrected chi connectivity index (χ3v) is 4.53. The first kappa shape index (κ1) is 19.4. The Morgan fingerprint density at radius 3 is 2.58 bits per heavy atom. The zero-order chi connectivity index (χ0) is 19.1. The maximum atomic E-state index is 12.7. The highest BCUT2D eigenvalue weighted by molar-refractivity contribution is 5.99. The topological polar surface area (TPSA) is 118 Å². The molecule has 1 heterocycles. The summed E-state index contributed by atoms with van der Waals surface area (Å²) in [6, 6.07) is 8.34. The average Bonchev–Trinajstić information content (AvgIpc) is 3.03. The monoisotopic (exact) mass is 357 g/mol. The Bertz CT molecular complexity index is 702. The molecule has 7 nitrogen and oxygen atoms in total. The molecule has 1 aromatic rings. The van der Waals surface area contributed by atoms with Gasteiger partial charge in [-0.3, -0.25) is 14.4 Å². The second-order valence-corrected chi connectivity index (χ2v) is 6.40. The van der Waals surface area contributed by atoms with Crippen molar-refractivity contribution in [2.45, 2.75) is 25.3 Å². The van der Waals surface area contributed by atoms with Gasteiger partial charge in [0.2, 0.25) is 17.7 Å². The fourth-order valence-electron chi connectivity index (χ4n) is 3.00. The summed E-state index contributed by atoms with van der Waals surface area (Å²) in [5.74, 6) is -2.58. The number of carbonyl (C=O) groups is 4. The predicted molar refractivity (Wildman–Crippen MR) is 95.7 cm³/mol. The Hall–Kier alpha value is -2.96. The molecule has 0 aromatic heterocycles. The molecule has 1 fully saturated rings. The van der Waals surface area contributed by atoms with Gasteiger partial charge in [0.05, 0.1) is 12.0 Å². The van der Waals surface area contributed by atoms with Crippen LogP contribution < -0.4 is 16.4 Å². The highest BCUT2D eigenvalue weighted by atomic mass is 16.2. The number of aldehydes is 1. The number of hydrogen-bond donors (Lipinski definition) is 3. The molecule has 0 unspecified atom stereocenters. The normalized spacial score (nSPS) is 18.5. The first-order chi connectivity index (χ1) is 12.4. The van der Waals surface area contributed by atoms with E-state index in [2.05, 4.69) is 17.2 Å². The first-order valence-electron chi connectivity index (χ1n) is 8.48. The van der Waals surface area contributed by atoms with E-state index in [-0.39, 0.29) is 30.2 Å². The van der Waals surface area contributed by atoms with Crippen LogP contribution in [0.4, 0.5) is 0 Å². The number of hydrogen-bond acceptors (Lipinski definition) is 4. The number of primary amides is 1. The number of carbonyl (C=O) groups excluding carboxylic acids is 4. The van der Waals surface area contributed by atoms with Crippen LogP contribution in [-0.2, 0) is 25.6 Å². The van der Waals surface area contributed by atoms with Crippen LogP contribution in [0.15, 0.2) is 42.5 Å². The Labute approximate surface area is 152 Å². The Morgan fingerprint density at radius 2 is 2.04 bits per heavy atom. The van der Waals surface area contributed by atoms with Crippen molar-refractivity contribution in [3.63, 3.8) is 0 Å². The molecule has 0 spiro atoms. The van der Waals surface area contributed by atoms with Gasteiger partial charge in [-0.25, -0.2) is 0 Å². The molecule has 4 N–H and O–H groups in total. The van der Waals surface area contributed by atoms with Crippen molar-refractivity contribution >= 4 is 24.0 Å². The predicted octanol–water partition coefficient (Wildman–Crippen LogP) is 0.0967. The molecule has 1 aromatic carbocycles. The minimum atomic E-state index is -0.880. The zero-order valence-electron chi connectivity index (χ0n) is 14.4. The molecular formula is C19H23N3O4. The van der Waals surface area contributed by atoms with Gasteiger partial charge in [0.25, 0.3) is 0 Å². The summed E-state index contributed by atoms with van der Waals surface area (Å²) in [6.45, 7) is 4.20. The van der Waals surface area contributed by atoms with E-state index in [1.165, 1.54) is 0 Å². The van der Waals surface area contributed by atoms with E-state index in [0.29, 0.717) is 19.3 Å². The summed E-state index contributed by atoms with van der Waals surface area (Å²) in [4.78, 5) is 47.2. The van der Waals surface area contributed by atoms with E-state index in [9.17, 15) is 19.2 Å². The van der Waals surface area contributed by atoms with Crippen molar-refractivity contribution in [3.8, 4) is 0 Å². The molecule has 7 heteroatoms. The van der Waals surface area contributed by atoms with Gasteiger partial charge in [0.1, 0.15) is 6.29 Å². The van der Waals surface area contributed by atoms with E-state index < -0.39 is 23.8 Å². The molecule has 3 atom stereocenters. The van der Waals surface area contributed by atoms with E-state index in [4.69, 9.17) is 5.73 Å². The summed E-state index contributed by atoms with van der Waals surface area (Å²) in [6.07, 6.45) is 1.70.